The molecule has 3 nitrogen and oxygen atoms in total. The van der Waals surface area contributed by atoms with Crippen LogP contribution in [0.1, 0.15) is 18.4 Å². The Bertz CT molecular complexity index is 320. The third-order valence-electron chi connectivity index (χ3n) is 2.94. The van der Waals surface area contributed by atoms with Crippen molar-refractivity contribution in [2.75, 3.05) is 13.2 Å². The van der Waals surface area contributed by atoms with Crippen LogP contribution in [0.25, 0.3) is 0 Å². The fraction of sp³-hybridized carbons (Fsp3) is 0.429. The highest BCUT2D eigenvalue weighted by Gasteiger charge is 2.26. The van der Waals surface area contributed by atoms with Gasteiger partial charge in [0.05, 0.1) is 18.8 Å². The molecule has 0 unspecified atom stereocenters. The van der Waals surface area contributed by atoms with E-state index in [1.54, 1.807) is 6.08 Å². The number of hydrogen-bond acceptors (Lipinski definition) is 3. The van der Waals surface area contributed by atoms with Crippen LogP contribution in [-0.4, -0.2) is 29.0 Å². The van der Waals surface area contributed by atoms with Crippen LogP contribution in [0, 0.1) is 0 Å². The molecule has 94 valence electrons. The Morgan fingerprint density at radius 1 is 1.18 bits per heavy atom. The molecule has 3 N–H and O–H groups in total. The Hall–Kier alpha value is -1.16. The highest BCUT2D eigenvalue weighted by molar-refractivity contribution is 5.14. The van der Waals surface area contributed by atoms with Crippen LogP contribution in [0.15, 0.2) is 43.0 Å². The molecule has 0 aliphatic carbocycles. The molecule has 0 amide bonds. The zero-order valence-electron chi connectivity index (χ0n) is 10.1. The van der Waals surface area contributed by atoms with E-state index in [1.165, 1.54) is 0 Å². The predicted molar refractivity (Wildman–Crippen MR) is 69.6 cm³/mol. The van der Waals surface area contributed by atoms with E-state index in [1.807, 2.05) is 30.3 Å². The maximum absolute atomic E-state index is 9.42. The van der Waals surface area contributed by atoms with Gasteiger partial charge in [-0.1, -0.05) is 36.4 Å². The number of nitrogens with one attached hydrogen (secondary N) is 1. The first-order valence-electron chi connectivity index (χ1n) is 5.88. The van der Waals surface area contributed by atoms with Crippen molar-refractivity contribution in [3.05, 3.63) is 48.6 Å². The van der Waals surface area contributed by atoms with Crippen molar-refractivity contribution in [1.82, 2.24) is 5.32 Å². The van der Waals surface area contributed by atoms with Gasteiger partial charge in [0.1, 0.15) is 0 Å². The monoisotopic (exact) mass is 235 g/mol. The summed E-state index contributed by atoms with van der Waals surface area (Å²) < 4.78 is 0. The Morgan fingerprint density at radius 2 is 1.82 bits per heavy atom. The van der Waals surface area contributed by atoms with Crippen molar-refractivity contribution in [2.45, 2.75) is 24.9 Å². The number of benzene rings is 1. The highest BCUT2D eigenvalue weighted by Crippen LogP contribution is 2.13. The Labute approximate surface area is 103 Å². The molecule has 0 radical (unpaired) electrons. The lowest BCUT2D eigenvalue weighted by atomic mass is 9.95. The first kappa shape index (κ1) is 13.9. The molecule has 0 heterocycles. The summed E-state index contributed by atoms with van der Waals surface area (Å²) in [6.07, 6.45) is 3.24. The molecule has 1 aromatic rings. The summed E-state index contributed by atoms with van der Waals surface area (Å²) in [6.45, 7) is 4.14. The third-order valence-corrected chi connectivity index (χ3v) is 2.94. The van der Waals surface area contributed by atoms with Crippen LogP contribution < -0.4 is 5.32 Å². The molecule has 1 rings (SSSR count). The molecule has 0 bridgehead atoms. The fourth-order valence-corrected chi connectivity index (χ4v) is 1.67. The van der Waals surface area contributed by atoms with Gasteiger partial charge in [0.25, 0.3) is 0 Å². The van der Waals surface area contributed by atoms with Crippen LogP contribution in [0.2, 0.25) is 0 Å². The molecular formula is C14H21NO2. The second kappa shape index (κ2) is 7.22. The lowest BCUT2D eigenvalue weighted by Gasteiger charge is -2.31. The minimum absolute atomic E-state index is 0.0792. The lowest BCUT2D eigenvalue weighted by molar-refractivity contribution is 0.0834. The number of allylic oxidation sites excluding steroid dienone is 1. The largest absolute Gasteiger partial charge is 0.394 e. The maximum atomic E-state index is 9.42. The van der Waals surface area contributed by atoms with E-state index in [9.17, 15) is 10.2 Å². The van der Waals surface area contributed by atoms with Crippen molar-refractivity contribution < 1.29 is 10.2 Å². The van der Waals surface area contributed by atoms with Gasteiger partial charge in [-0.2, -0.15) is 0 Å². The van der Waals surface area contributed by atoms with E-state index in [-0.39, 0.29) is 13.2 Å². The molecule has 0 atom stereocenters. The third kappa shape index (κ3) is 4.30. The van der Waals surface area contributed by atoms with E-state index in [0.29, 0.717) is 13.0 Å². The minimum atomic E-state index is -0.621. The van der Waals surface area contributed by atoms with Crippen LogP contribution in [-0.2, 0) is 6.54 Å². The fourth-order valence-electron chi connectivity index (χ4n) is 1.67. The normalized spacial score (nSPS) is 11.4. The SMILES string of the molecule is C=CCCC(CO)(CO)NCc1ccccc1. The molecular weight excluding hydrogens is 214 g/mol. The summed E-state index contributed by atoms with van der Waals surface area (Å²) in [6, 6.07) is 9.94. The molecule has 1 aromatic carbocycles. The molecule has 0 aliphatic heterocycles. The lowest BCUT2D eigenvalue weighted by Crippen LogP contribution is -2.51. The zero-order valence-corrected chi connectivity index (χ0v) is 10.1. The Kier molecular flexibility index (Phi) is 5.91. The van der Waals surface area contributed by atoms with Crippen LogP contribution in [0.5, 0.6) is 0 Å². The van der Waals surface area contributed by atoms with Crippen molar-refractivity contribution in [3.8, 4) is 0 Å². The summed E-state index contributed by atoms with van der Waals surface area (Å²) in [5.74, 6) is 0. The number of aliphatic hydroxyl groups excluding tert-OH is 2. The average Bonchev–Trinajstić information content (AvgIpc) is 2.41. The minimum Gasteiger partial charge on any atom is -0.394 e. The van der Waals surface area contributed by atoms with Crippen LogP contribution in [0.3, 0.4) is 0 Å². The van der Waals surface area contributed by atoms with E-state index >= 15 is 0 Å². The molecule has 0 saturated heterocycles. The van der Waals surface area contributed by atoms with Gasteiger partial charge in [0.2, 0.25) is 0 Å². The molecule has 3 heteroatoms. The number of rotatable bonds is 8. The Balaban J connectivity index is 2.57. The Morgan fingerprint density at radius 3 is 2.35 bits per heavy atom. The van der Waals surface area contributed by atoms with E-state index in [0.717, 1.165) is 12.0 Å². The van der Waals surface area contributed by atoms with Gasteiger partial charge in [-0.25, -0.2) is 0 Å². The van der Waals surface area contributed by atoms with Gasteiger partial charge in [-0.05, 0) is 18.4 Å². The summed E-state index contributed by atoms with van der Waals surface area (Å²) in [5, 5.41) is 22.1. The maximum Gasteiger partial charge on any atom is 0.0653 e. The molecule has 0 saturated carbocycles. The first-order chi connectivity index (χ1) is 8.26. The molecule has 17 heavy (non-hydrogen) atoms. The summed E-state index contributed by atoms with van der Waals surface area (Å²) >= 11 is 0. The zero-order chi connectivity index (χ0) is 12.6. The number of aliphatic hydroxyl groups is 2. The summed E-state index contributed by atoms with van der Waals surface area (Å²) in [7, 11) is 0. The predicted octanol–water partition coefficient (Wildman–Crippen LogP) is 1.47. The van der Waals surface area contributed by atoms with Crippen molar-refractivity contribution in [1.29, 1.82) is 0 Å². The van der Waals surface area contributed by atoms with Gasteiger partial charge in [-0.15, -0.1) is 6.58 Å². The molecule has 0 spiro atoms. The molecule has 0 aromatic heterocycles. The van der Waals surface area contributed by atoms with Gasteiger partial charge in [-0.3, -0.25) is 0 Å². The molecule has 0 fully saturated rings. The standard InChI is InChI=1S/C14H21NO2/c1-2-3-9-14(11-16,12-17)15-10-13-7-5-4-6-8-13/h2,4-8,15-17H,1,3,9-12H2. The summed E-state index contributed by atoms with van der Waals surface area (Å²) in [4.78, 5) is 0. The summed E-state index contributed by atoms with van der Waals surface area (Å²) in [5.41, 5.74) is 0.515. The van der Waals surface area contributed by atoms with Crippen molar-refractivity contribution in [2.24, 2.45) is 0 Å². The molecule has 0 aliphatic rings. The van der Waals surface area contributed by atoms with Gasteiger partial charge >= 0.3 is 0 Å². The quantitative estimate of drug-likeness (QED) is 0.598. The average molecular weight is 235 g/mol. The first-order valence-corrected chi connectivity index (χ1v) is 5.88. The second-order valence-corrected chi connectivity index (χ2v) is 4.26. The van der Waals surface area contributed by atoms with E-state index < -0.39 is 5.54 Å². The highest BCUT2D eigenvalue weighted by atomic mass is 16.3. The topological polar surface area (TPSA) is 52.5 Å². The number of hydrogen-bond donors (Lipinski definition) is 3. The van der Waals surface area contributed by atoms with Crippen LogP contribution in [0.4, 0.5) is 0 Å². The second-order valence-electron chi connectivity index (χ2n) is 4.26. The van der Waals surface area contributed by atoms with Crippen LogP contribution >= 0.6 is 0 Å². The van der Waals surface area contributed by atoms with E-state index in [2.05, 4.69) is 11.9 Å². The van der Waals surface area contributed by atoms with E-state index in [4.69, 9.17) is 0 Å². The van der Waals surface area contributed by atoms with Crippen molar-refractivity contribution >= 4 is 0 Å². The van der Waals surface area contributed by atoms with Gasteiger partial charge < -0.3 is 15.5 Å². The van der Waals surface area contributed by atoms with Crippen molar-refractivity contribution in [3.63, 3.8) is 0 Å². The smallest absolute Gasteiger partial charge is 0.0653 e. The van der Waals surface area contributed by atoms with Gasteiger partial charge in [0, 0.05) is 6.54 Å². The van der Waals surface area contributed by atoms with Gasteiger partial charge in [0.15, 0.2) is 0 Å².